The third-order valence-electron chi connectivity index (χ3n) is 3.74. The second kappa shape index (κ2) is 5.53. The Hall–Kier alpha value is -0.770. The lowest BCUT2D eigenvalue weighted by Gasteiger charge is -2.34. The van der Waals surface area contributed by atoms with E-state index in [4.69, 9.17) is 0 Å². The molecular weight excluding hydrogens is 202 g/mol. The molecule has 0 saturated carbocycles. The SMILES string of the molecule is CC1CNCCC1NC(=O)N1CCCCC1. The Bertz CT molecular complexity index is 238. The van der Waals surface area contributed by atoms with E-state index in [1.54, 1.807) is 0 Å². The van der Waals surface area contributed by atoms with Crippen LogP contribution in [-0.4, -0.2) is 43.2 Å². The number of piperidine rings is 2. The molecule has 2 fully saturated rings. The second-order valence-electron chi connectivity index (χ2n) is 5.07. The fourth-order valence-electron chi connectivity index (χ4n) is 2.58. The van der Waals surface area contributed by atoms with E-state index in [-0.39, 0.29) is 6.03 Å². The van der Waals surface area contributed by atoms with Crippen molar-refractivity contribution in [3.63, 3.8) is 0 Å². The number of likely N-dealkylation sites (tertiary alicyclic amines) is 1. The Morgan fingerprint density at radius 2 is 2.06 bits per heavy atom. The number of nitrogens with zero attached hydrogens (tertiary/aromatic N) is 1. The Morgan fingerprint density at radius 3 is 2.75 bits per heavy atom. The average molecular weight is 225 g/mol. The zero-order valence-electron chi connectivity index (χ0n) is 10.2. The van der Waals surface area contributed by atoms with E-state index in [2.05, 4.69) is 17.6 Å². The minimum atomic E-state index is 0.151. The zero-order chi connectivity index (χ0) is 11.4. The molecule has 2 saturated heterocycles. The number of rotatable bonds is 1. The van der Waals surface area contributed by atoms with E-state index < -0.39 is 0 Å². The Morgan fingerprint density at radius 1 is 1.31 bits per heavy atom. The van der Waals surface area contributed by atoms with Gasteiger partial charge in [0.2, 0.25) is 0 Å². The van der Waals surface area contributed by atoms with Crippen LogP contribution in [0.1, 0.15) is 32.6 Å². The number of hydrogen-bond acceptors (Lipinski definition) is 2. The highest BCUT2D eigenvalue weighted by molar-refractivity contribution is 5.74. The number of carbonyl (C=O) groups excluding carboxylic acids is 1. The van der Waals surface area contributed by atoms with E-state index in [9.17, 15) is 4.79 Å². The molecule has 2 aliphatic heterocycles. The molecule has 2 atom stereocenters. The van der Waals surface area contributed by atoms with Crippen molar-refractivity contribution in [3.8, 4) is 0 Å². The Labute approximate surface area is 97.8 Å². The van der Waals surface area contributed by atoms with Gasteiger partial charge in [-0.1, -0.05) is 6.92 Å². The first-order valence-corrected chi connectivity index (χ1v) is 6.53. The van der Waals surface area contributed by atoms with Crippen molar-refractivity contribution in [2.45, 2.75) is 38.6 Å². The maximum Gasteiger partial charge on any atom is 0.317 e. The van der Waals surface area contributed by atoms with Gasteiger partial charge in [-0.15, -0.1) is 0 Å². The molecule has 0 bridgehead atoms. The molecule has 2 rings (SSSR count). The first kappa shape index (κ1) is 11.7. The van der Waals surface area contributed by atoms with Crippen molar-refractivity contribution in [2.24, 2.45) is 5.92 Å². The molecule has 92 valence electrons. The summed E-state index contributed by atoms with van der Waals surface area (Å²) in [5.74, 6) is 0.544. The van der Waals surface area contributed by atoms with Gasteiger partial charge in [-0.05, 0) is 44.7 Å². The van der Waals surface area contributed by atoms with Crippen LogP contribution < -0.4 is 10.6 Å². The van der Waals surface area contributed by atoms with Gasteiger partial charge in [0.15, 0.2) is 0 Å². The molecule has 2 heterocycles. The third kappa shape index (κ3) is 2.88. The summed E-state index contributed by atoms with van der Waals surface area (Å²) >= 11 is 0. The highest BCUT2D eigenvalue weighted by atomic mass is 16.2. The molecule has 2 aliphatic rings. The topological polar surface area (TPSA) is 44.4 Å². The normalized spacial score (nSPS) is 31.2. The molecular formula is C12H23N3O. The third-order valence-corrected chi connectivity index (χ3v) is 3.74. The van der Waals surface area contributed by atoms with Crippen molar-refractivity contribution < 1.29 is 4.79 Å². The molecule has 0 spiro atoms. The van der Waals surface area contributed by atoms with Crippen LogP contribution in [0.25, 0.3) is 0 Å². The lowest BCUT2D eigenvalue weighted by molar-refractivity contribution is 0.174. The van der Waals surface area contributed by atoms with Gasteiger partial charge in [-0.3, -0.25) is 0 Å². The largest absolute Gasteiger partial charge is 0.335 e. The van der Waals surface area contributed by atoms with Crippen LogP contribution in [-0.2, 0) is 0 Å². The molecule has 0 radical (unpaired) electrons. The van der Waals surface area contributed by atoms with Crippen LogP contribution in [0.15, 0.2) is 0 Å². The molecule has 0 aromatic rings. The summed E-state index contributed by atoms with van der Waals surface area (Å²) < 4.78 is 0. The molecule has 4 heteroatoms. The smallest absolute Gasteiger partial charge is 0.317 e. The van der Waals surface area contributed by atoms with Crippen LogP contribution >= 0.6 is 0 Å². The number of nitrogens with one attached hydrogen (secondary N) is 2. The van der Waals surface area contributed by atoms with E-state index in [0.29, 0.717) is 12.0 Å². The molecule has 2 amide bonds. The Balaban J connectivity index is 1.80. The van der Waals surface area contributed by atoms with E-state index in [1.165, 1.54) is 6.42 Å². The number of urea groups is 1. The average Bonchev–Trinajstić information content (AvgIpc) is 2.33. The summed E-state index contributed by atoms with van der Waals surface area (Å²) in [6.45, 7) is 6.11. The van der Waals surface area contributed by atoms with E-state index in [1.807, 2.05) is 4.90 Å². The fraction of sp³-hybridized carbons (Fsp3) is 0.917. The van der Waals surface area contributed by atoms with Gasteiger partial charge in [0, 0.05) is 19.1 Å². The van der Waals surface area contributed by atoms with Crippen LogP contribution in [0, 0.1) is 5.92 Å². The molecule has 4 nitrogen and oxygen atoms in total. The Kier molecular flexibility index (Phi) is 4.04. The first-order valence-electron chi connectivity index (χ1n) is 6.53. The molecule has 0 aliphatic carbocycles. The van der Waals surface area contributed by atoms with Crippen LogP contribution in [0.2, 0.25) is 0 Å². The standard InChI is InChI=1S/C12H23N3O/c1-10-9-13-6-5-11(10)14-12(16)15-7-3-2-4-8-15/h10-11,13H,2-9H2,1H3,(H,14,16). The highest BCUT2D eigenvalue weighted by Gasteiger charge is 2.25. The summed E-state index contributed by atoms with van der Waals surface area (Å²) in [6.07, 6.45) is 4.65. The predicted molar refractivity (Wildman–Crippen MR) is 64.4 cm³/mol. The van der Waals surface area contributed by atoms with Crippen LogP contribution in [0.5, 0.6) is 0 Å². The first-order chi connectivity index (χ1) is 7.77. The summed E-state index contributed by atoms with van der Waals surface area (Å²) in [6, 6.07) is 0.508. The van der Waals surface area contributed by atoms with E-state index >= 15 is 0 Å². The highest BCUT2D eigenvalue weighted by Crippen LogP contribution is 2.13. The molecule has 2 N–H and O–H groups in total. The summed E-state index contributed by atoms with van der Waals surface area (Å²) in [5.41, 5.74) is 0. The molecule has 16 heavy (non-hydrogen) atoms. The summed E-state index contributed by atoms with van der Waals surface area (Å²) in [4.78, 5) is 14.0. The van der Waals surface area contributed by atoms with Gasteiger partial charge >= 0.3 is 6.03 Å². The molecule has 2 unspecified atom stereocenters. The minimum absolute atomic E-state index is 0.151. The van der Waals surface area contributed by atoms with Crippen molar-refractivity contribution in [3.05, 3.63) is 0 Å². The monoisotopic (exact) mass is 225 g/mol. The summed E-state index contributed by atoms with van der Waals surface area (Å²) in [5, 5.41) is 6.54. The maximum absolute atomic E-state index is 12.0. The van der Waals surface area contributed by atoms with Crippen molar-refractivity contribution >= 4 is 6.03 Å². The van der Waals surface area contributed by atoms with Gasteiger partial charge < -0.3 is 15.5 Å². The van der Waals surface area contributed by atoms with Gasteiger partial charge in [-0.2, -0.15) is 0 Å². The van der Waals surface area contributed by atoms with Gasteiger partial charge in [0.25, 0.3) is 0 Å². The van der Waals surface area contributed by atoms with E-state index in [0.717, 1.165) is 45.4 Å². The molecule has 0 aromatic heterocycles. The zero-order valence-corrected chi connectivity index (χ0v) is 10.2. The minimum Gasteiger partial charge on any atom is -0.335 e. The van der Waals surface area contributed by atoms with Crippen molar-refractivity contribution in [1.82, 2.24) is 15.5 Å². The predicted octanol–water partition coefficient (Wildman–Crippen LogP) is 1.18. The molecule has 0 aromatic carbocycles. The van der Waals surface area contributed by atoms with Crippen LogP contribution in [0.4, 0.5) is 4.79 Å². The summed E-state index contributed by atoms with van der Waals surface area (Å²) in [7, 11) is 0. The number of amides is 2. The second-order valence-corrected chi connectivity index (χ2v) is 5.07. The lowest BCUT2D eigenvalue weighted by Crippen LogP contribution is -2.53. The van der Waals surface area contributed by atoms with Crippen molar-refractivity contribution in [1.29, 1.82) is 0 Å². The number of hydrogen-bond donors (Lipinski definition) is 2. The maximum atomic E-state index is 12.0. The van der Waals surface area contributed by atoms with Crippen molar-refractivity contribution in [2.75, 3.05) is 26.2 Å². The lowest BCUT2D eigenvalue weighted by atomic mass is 9.95. The van der Waals surface area contributed by atoms with Gasteiger partial charge in [0.1, 0.15) is 0 Å². The van der Waals surface area contributed by atoms with Gasteiger partial charge in [0.05, 0.1) is 0 Å². The van der Waals surface area contributed by atoms with Crippen LogP contribution in [0.3, 0.4) is 0 Å². The fourth-order valence-corrected chi connectivity index (χ4v) is 2.58. The number of carbonyl (C=O) groups is 1. The quantitative estimate of drug-likeness (QED) is 0.704. The van der Waals surface area contributed by atoms with Gasteiger partial charge in [-0.25, -0.2) is 4.79 Å².